The molecular formula is C38H46N8O12. The lowest BCUT2D eigenvalue weighted by atomic mass is 10.0. The fourth-order valence-electron chi connectivity index (χ4n) is 6.41. The van der Waals surface area contributed by atoms with Gasteiger partial charge in [-0.2, -0.15) is 0 Å². The zero-order valence-corrected chi connectivity index (χ0v) is 31.4. The highest BCUT2D eigenvalue weighted by Gasteiger charge is 2.40. The third-order valence-electron chi connectivity index (χ3n) is 9.38. The molecule has 0 spiro atoms. The van der Waals surface area contributed by atoms with E-state index in [4.69, 9.17) is 10.8 Å². The summed E-state index contributed by atoms with van der Waals surface area (Å²) in [5.41, 5.74) is 7.70. The first-order valence-electron chi connectivity index (χ1n) is 18.3. The quantitative estimate of drug-likeness (QED) is 0.0615. The summed E-state index contributed by atoms with van der Waals surface area (Å²) in [4.78, 5) is 118. The van der Waals surface area contributed by atoms with E-state index in [9.17, 15) is 53.4 Å². The number of para-hydroxylation sites is 1. The van der Waals surface area contributed by atoms with Crippen molar-refractivity contribution in [3.05, 3.63) is 71.9 Å². The van der Waals surface area contributed by atoms with Crippen molar-refractivity contribution in [2.45, 2.75) is 81.7 Å². The van der Waals surface area contributed by atoms with Crippen LogP contribution in [0.25, 0.3) is 10.9 Å². The number of carboxylic acid groups (broad SMARTS) is 3. The molecule has 11 N–H and O–H groups in total. The normalized spacial score (nSPS) is 16.2. The van der Waals surface area contributed by atoms with E-state index in [1.165, 1.54) is 6.92 Å². The van der Waals surface area contributed by atoms with Gasteiger partial charge in [0.15, 0.2) is 0 Å². The van der Waals surface area contributed by atoms with Gasteiger partial charge in [-0.1, -0.05) is 48.5 Å². The number of aromatic amines is 1. The van der Waals surface area contributed by atoms with Crippen molar-refractivity contribution in [2.75, 3.05) is 13.1 Å². The Kier molecular flexibility index (Phi) is 15.4. The Balaban J connectivity index is 1.44. The number of hydrogen-bond acceptors (Lipinski definition) is 10. The number of aromatic nitrogens is 1. The first kappa shape index (κ1) is 43.9. The van der Waals surface area contributed by atoms with Crippen LogP contribution in [0, 0.1) is 0 Å². The predicted octanol–water partition coefficient (Wildman–Crippen LogP) is -1.62. The minimum Gasteiger partial charge on any atom is -0.481 e. The van der Waals surface area contributed by atoms with Crippen molar-refractivity contribution >= 4 is 64.3 Å². The SMILES string of the molecule is C[C@H](NC(=O)[C@H](Cc1ccccc1)NC(=O)[C@@H]1CCCN1C(=O)[C@H](CC(=O)O)NC(=O)CNC(=O)[C@H](Cc1c[nH]c2ccccc12)NC(=O)[C@@H](N)CC(=O)O)C(=O)O. The number of rotatable bonds is 20. The van der Waals surface area contributed by atoms with Crippen LogP contribution in [-0.4, -0.2) is 128 Å². The van der Waals surface area contributed by atoms with E-state index in [0.29, 0.717) is 17.5 Å². The number of fused-ring (bicyclic) bond motifs is 1. The first-order chi connectivity index (χ1) is 27.5. The monoisotopic (exact) mass is 806 g/mol. The highest BCUT2D eigenvalue weighted by Crippen LogP contribution is 2.21. The number of nitrogens with zero attached hydrogens (tertiary/aromatic N) is 1. The third kappa shape index (κ3) is 12.3. The fourth-order valence-corrected chi connectivity index (χ4v) is 6.41. The Bertz CT molecular complexity index is 2020. The molecule has 1 aliphatic heterocycles. The van der Waals surface area contributed by atoms with Crippen LogP contribution in [0.2, 0.25) is 0 Å². The average Bonchev–Trinajstić information content (AvgIpc) is 3.83. The molecule has 0 unspecified atom stereocenters. The van der Waals surface area contributed by atoms with E-state index < -0.39 is 109 Å². The second kappa shape index (κ2) is 20.4. The zero-order chi connectivity index (χ0) is 42.5. The predicted molar refractivity (Wildman–Crippen MR) is 203 cm³/mol. The fraction of sp³-hybridized carbons (Fsp3) is 0.395. The number of carbonyl (C=O) groups excluding carboxylic acids is 6. The van der Waals surface area contributed by atoms with Crippen LogP contribution in [0.15, 0.2) is 60.8 Å². The van der Waals surface area contributed by atoms with Gasteiger partial charge in [0.1, 0.15) is 30.2 Å². The molecule has 0 saturated carbocycles. The lowest BCUT2D eigenvalue weighted by Crippen LogP contribution is -2.58. The maximum absolute atomic E-state index is 13.8. The smallest absolute Gasteiger partial charge is 0.325 e. The number of likely N-dealkylation sites (tertiary alicyclic amines) is 1. The van der Waals surface area contributed by atoms with Crippen LogP contribution >= 0.6 is 0 Å². The van der Waals surface area contributed by atoms with Crippen molar-refractivity contribution < 1.29 is 58.5 Å². The number of benzene rings is 2. The van der Waals surface area contributed by atoms with Crippen molar-refractivity contribution in [2.24, 2.45) is 5.73 Å². The molecule has 1 aliphatic rings. The Morgan fingerprint density at radius 1 is 0.776 bits per heavy atom. The molecule has 20 nitrogen and oxygen atoms in total. The minimum absolute atomic E-state index is 0.00444. The number of hydrogen-bond donors (Lipinski definition) is 10. The van der Waals surface area contributed by atoms with Crippen LogP contribution in [0.5, 0.6) is 0 Å². The maximum Gasteiger partial charge on any atom is 0.325 e. The number of nitrogens with one attached hydrogen (secondary N) is 6. The first-order valence-corrected chi connectivity index (χ1v) is 18.3. The van der Waals surface area contributed by atoms with E-state index in [-0.39, 0.29) is 25.8 Å². The molecule has 2 heterocycles. The molecule has 2 aromatic carbocycles. The van der Waals surface area contributed by atoms with Gasteiger partial charge in [0, 0.05) is 36.5 Å². The summed E-state index contributed by atoms with van der Waals surface area (Å²) in [6, 6.07) is 7.48. The third-order valence-corrected chi connectivity index (χ3v) is 9.38. The highest BCUT2D eigenvalue weighted by molar-refractivity contribution is 5.98. The van der Waals surface area contributed by atoms with E-state index in [0.717, 1.165) is 15.8 Å². The number of carbonyl (C=O) groups is 9. The van der Waals surface area contributed by atoms with Crippen LogP contribution in [0.4, 0.5) is 0 Å². The second-order valence-corrected chi connectivity index (χ2v) is 13.8. The molecule has 3 aromatic rings. The van der Waals surface area contributed by atoms with Crippen LogP contribution in [0.1, 0.15) is 43.7 Å². The molecule has 310 valence electrons. The molecule has 0 aliphatic carbocycles. The van der Waals surface area contributed by atoms with Crippen molar-refractivity contribution in [1.82, 2.24) is 36.5 Å². The van der Waals surface area contributed by atoms with Gasteiger partial charge in [-0.15, -0.1) is 0 Å². The van der Waals surface area contributed by atoms with Gasteiger partial charge >= 0.3 is 17.9 Å². The Labute approximate surface area is 331 Å². The zero-order valence-electron chi connectivity index (χ0n) is 31.4. The Morgan fingerprint density at radius 2 is 1.43 bits per heavy atom. The lowest BCUT2D eigenvalue weighted by molar-refractivity contribution is -0.146. The molecule has 6 amide bonds. The van der Waals surface area contributed by atoms with Crippen LogP contribution < -0.4 is 32.3 Å². The molecule has 4 rings (SSSR count). The molecule has 0 bridgehead atoms. The summed E-state index contributed by atoms with van der Waals surface area (Å²) in [6.45, 7) is 0.479. The molecular weight excluding hydrogens is 760 g/mol. The summed E-state index contributed by atoms with van der Waals surface area (Å²) < 4.78 is 0. The number of amides is 6. The topological polar surface area (TPSA) is 320 Å². The van der Waals surface area contributed by atoms with Crippen LogP contribution in [-0.2, 0) is 56.0 Å². The number of nitrogens with two attached hydrogens (primary N) is 1. The van der Waals surface area contributed by atoms with Gasteiger partial charge in [0.25, 0.3) is 0 Å². The summed E-state index contributed by atoms with van der Waals surface area (Å²) in [7, 11) is 0. The van der Waals surface area contributed by atoms with Gasteiger partial charge in [0.2, 0.25) is 35.4 Å². The minimum atomic E-state index is -1.69. The van der Waals surface area contributed by atoms with Gasteiger partial charge in [-0.3, -0.25) is 43.2 Å². The number of aliphatic carboxylic acids is 3. The van der Waals surface area contributed by atoms with Gasteiger partial charge in [-0.05, 0) is 37.0 Å². The standard InChI is InChI=1S/C38H46N8O12/c1-20(38(57)58)42-35(54)26(14-21-8-3-2-4-9-21)45-36(55)29-12-7-13-46(29)37(56)28(17-32(50)51)43-30(47)19-41-34(53)27(44-33(52)24(39)16-31(48)49)15-22-18-40-25-11-6-5-10-23(22)25/h2-6,8-11,18,20,24,26-29,40H,7,12-17,19,39H2,1H3,(H,41,53)(H,42,54)(H,43,47)(H,44,52)(H,45,55)(H,48,49)(H,50,51)(H,57,58)/t20-,24-,26-,27-,28-,29-/m0/s1. The number of carboxylic acids is 3. The van der Waals surface area contributed by atoms with E-state index in [1.807, 2.05) is 0 Å². The van der Waals surface area contributed by atoms with Crippen molar-refractivity contribution in [1.29, 1.82) is 0 Å². The largest absolute Gasteiger partial charge is 0.481 e. The van der Waals surface area contributed by atoms with Gasteiger partial charge < -0.3 is 57.5 Å². The molecule has 6 atom stereocenters. The molecule has 1 aromatic heterocycles. The highest BCUT2D eigenvalue weighted by atomic mass is 16.4. The molecule has 1 saturated heterocycles. The van der Waals surface area contributed by atoms with E-state index in [2.05, 4.69) is 31.6 Å². The molecule has 20 heteroatoms. The summed E-state index contributed by atoms with van der Waals surface area (Å²) in [5, 5.41) is 40.7. The Morgan fingerprint density at radius 3 is 2.10 bits per heavy atom. The Hall–Kier alpha value is -6.83. The van der Waals surface area contributed by atoms with Crippen molar-refractivity contribution in [3.63, 3.8) is 0 Å². The van der Waals surface area contributed by atoms with Gasteiger partial charge in [-0.25, -0.2) is 0 Å². The van der Waals surface area contributed by atoms with Crippen molar-refractivity contribution in [3.8, 4) is 0 Å². The van der Waals surface area contributed by atoms with Gasteiger partial charge in [0.05, 0.1) is 25.4 Å². The van der Waals surface area contributed by atoms with E-state index in [1.54, 1.807) is 60.8 Å². The molecule has 0 radical (unpaired) electrons. The molecule has 58 heavy (non-hydrogen) atoms. The average molecular weight is 807 g/mol. The summed E-state index contributed by atoms with van der Waals surface area (Å²) >= 11 is 0. The summed E-state index contributed by atoms with van der Waals surface area (Å²) in [6.07, 6.45) is 0.336. The second-order valence-electron chi connectivity index (χ2n) is 13.8. The maximum atomic E-state index is 13.8. The van der Waals surface area contributed by atoms with E-state index >= 15 is 0 Å². The molecule has 1 fully saturated rings. The van der Waals surface area contributed by atoms with Crippen LogP contribution in [0.3, 0.4) is 0 Å². The number of H-pyrrole nitrogens is 1. The summed E-state index contributed by atoms with van der Waals surface area (Å²) in [5.74, 6) is -9.37. The lowest BCUT2D eigenvalue weighted by Gasteiger charge is -2.29.